The van der Waals surface area contributed by atoms with Gasteiger partial charge in [-0.15, -0.1) is 0 Å². The standard InChI is InChI=1S/C16H18N2/c17-16-14(12-5-2-1-3-6-12)7-4-8-15(16)13-9-10-18-11-13/h1-8,13,18H,9-11,17H2. The van der Waals surface area contributed by atoms with Gasteiger partial charge < -0.3 is 11.1 Å². The minimum Gasteiger partial charge on any atom is -0.398 e. The molecule has 1 saturated heterocycles. The molecule has 0 bridgehead atoms. The Kier molecular flexibility index (Phi) is 3.03. The maximum absolute atomic E-state index is 6.37. The van der Waals surface area contributed by atoms with Gasteiger partial charge in [0.05, 0.1) is 0 Å². The monoisotopic (exact) mass is 238 g/mol. The van der Waals surface area contributed by atoms with Crippen LogP contribution in [-0.4, -0.2) is 13.1 Å². The van der Waals surface area contributed by atoms with E-state index in [0.29, 0.717) is 5.92 Å². The van der Waals surface area contributed by atoms with Crippen LogP contribution >= 0.6 is 0 Å². The average Bonchev–Trinajstić information content (AvgIpc) is 2.94. The largest absolute Gasteiger partial charge is 0.398 e. The molecule has 0 saturated carbocycles. The molecule has 1 aliphatic heterocycles. The number of para-hydroxylation sites is 1. The lowest BCUT2D eigenvalue weighted by atomic mass is 9.92. The van der Waals surface area contributed by atoms with E-state index in [1.807, 2.05) is 6.07 Å². The summed E-state index contributed by atoms with van der Waals surface area (Å²) in [5, 5.41) is 3.40. The maximum atomic E-state index is 6.37. The first-order chi connectivity index (χ1) is 8.86. The SMILES string of the molecule is Nc1c(-c2ccccc2)cccc1C1CCNC1. The van der Waals surface area contributed by atoms with Crippen LogP contribution in [0, 0.1) is 0 Å². The van der Waals surface area contributed by atoms with Crippen LogP contribution < -0.4 is 11.1 Å². The predicted octanol–water partition coefficient (Wildman–Crippen LogP) is 3.01. The van der Waals surface area contributed by atoms with Crippen molar-refractivity contribution in [3.8, 4) is 11.1 Å². The molecule has 0 aliphatic carbocycles. The van der Waals surface area contributed by atoms with Crippen LogP contribution in [0.3, 0.4) is 0 Å². The summed E-state index contributed by atoms with van der Waals surface area (Å²) < 4.78 is 0. The number of nitrogens with one attached hydrogen (secondary N) is 1. The second-order valence-electron chi connectivity index (χ2n) is 4.86. The number of hydrogen-bond acceptors (Lipinski definition) is 2. The number of anilines is 1. The quantitative estimate of drug-likeness (QED) is 0.789. The van der Waals surface area contributed by atoms with Crippen molar-refractivity contribution in [3.63, 3.8) is 0 Å². The van der Waals surface area contributed by atoms with Crippen molar-refractivity contribution in [2.24, 2.45) is 0 Å². The fourth-order valence-corrected chi connectivity index (χ4v) is 2.73. The average molecular weight is 238 g/mol. The van der Waals surface area contributed by atoms with E-state index in [2.05, 4.69) is 47.8 Å². The normalized spacial score (nSPS) is 19.0. The molecule has 2 heteroatoms. The van der Waals surface area contributed by atoms with Crippen LogP contribution in [0.25, 0.3) is 11.1 Å². The number of rotatable bonds is 2. The van der Waals surface area contributed by atoms with E-state index >= 15 is 0 Å². The van der Waals surface area contributed by atoms with Gasteiger partial charge in [0.15, 0.2) is 0 Å². The summed E-state index contributed by atoms with van der Waals surface area (Å²) in [5.41, 5.74) is 11.0. The zero-order valence-corrected chi connectivity index (χ0v) is 10.4. The topological polar surface area (TPSA) is 38.0 Å². The van der Waals surface area contributed by atoms with Gasteiger partial charge in [-0.05, 0) is 30.0 Å². The zero-order valence-electron chi connectivity index (χ0n) is 10.4. The van der Waals surface area contributed by atoms with Crippen molar-refractivity contribution in [1.29, 1.82) is 0 Å². The Morgan fingerprint density at radius 1 is 1.00 bits per heavy atom. The van der Waals surface area contributed by atoms with E-state index in [4.69, 9.17) is 5.73 Å². The molecule has 0 amide bonds. The number of nitrogen functional groups attached to an aromatic ring is 1. The Hall–Kier alpha value is -1.80. The van der Waals surface area contributed by atoms with E-state index in [1.165, 1.54) is 17.5 Å². The Morgan fingerprint density at radius 3 is 2.56 bits per heavy atom. The van der Waals surface area contributed by atoms with Crippen molar-refractivity contribution in [2.75, 3.05) is 18.8 Å². The van der Waals surface area contributed by atoms with E-state index < -0.39 is 0 Å². The van der Waals surface area contributed by atoms with Crippen LogP contribution in [0.1, 0.15) is 17.9 Å². The lowest BCUT2D eigenvalue weighted by Gasteiger charge is -2.15. The van der Waals surface area contributed by atoms with E-state index in [9.17, 15) is 0 Å². The summed E-state index contributed by atoms with van der Waals surface area (Å²) in [5.74, 6) is 0.564. The molecule has 2 aromatic rings. The molecule has 3 rings (SSSR count). The van der Waals surface area contributed by atoms with E-state index in [0.717, 1.165) is 24.3 Å². The van der Waals surface area contributed by atoms with Gasteiger partial charge in [-0.25, -0.2) is 0 Å². The number of hydrogen-bond donors (Lipinski definition) is 2. The van der Waals surface area contributed by atoms with Gasteiger partial charge in [0.25, 0.3) is 0 Å². The second-order valence-corrected chi connectivity index (χ2v) is 4.86. The van der Waals surface area contributed by atoms with Crippen LogP contribution in [0.5, 0.6) is 0 Å². The molecule has 0 aromatic heterocycles. The highest BCUT2D eigenvalue weighted by molar-refractivity contribution is 5.78. The summed E-state index contributed by atoms with van der Waals surface area (Å²) in [6, 6.07) is 16.8. The number of benzene rings is 2. The van der Waals surface area contributed by atoms with Crippen LogP contribution in [-0.2, 0) is 0 Å². The molecule has 1 aliphatic rings. The van der Waals surface area contributed by atoms with Crippen LogP contribution in [0.15, 0.2) is 48.5 Å². The third kappa shape index (κ3) is 2.00. The lowest BCUT2D eigenvalue weighted by Crippen LogP contribution is -2.09. The van der Waals surface area contributed by atoms with Crippen molar-refractivity contribution in [3.05, 3.63) is 54.1 Å². The van der Waals surface area contributed by atoms with Crippen LogP contribution in [0.2, 0.25) is 0 Å². The summed E-state index contributed by atoms with van der Waals surface area (Å²) in [6.07, 6.45) is 1.18. The molecular formula is C16H18N2. The van der Waals surface area contributed by atoms with E-state index in [-0.39, 0.29) is 0 Å². The predicted molar refractivity (Wildman–Crippen MR) is 76.5 cm³/mol. The van der Waals surface area contributed by atoms with E-state index in [1.54, 1.807) is 0 Å². The minimum absolute atomic E-state index is 0.564. The first-order valence-corrected chi connectivity index (χ1v) is 6.51. The van der Waals surface area contributed by atoms with Crippen molar-refractivity contribution in [2.45, 2.75) is 12.3 Å². The first-order valence-electron chi connectivity index (χ1n) is 6.51. The highest BCUT2D eigenvalue weighted by Crippen LogP contribution is 2.34. The van der Waals surface area contributed by atoms with Gasteiger partial charge in [-0.2, -0.15) is 0 Å². The highest BCUT2D eigenvalue weighted by Gasteiger charge is 2.20. The Morgan fingerprint density at radius 2 is 1.83 bits per heavy atom. The third-order valence-electron chi connectivity index (χ3n) is 3.72. The fraction of sp³-hybridized carbons (Fsp3) is 0.250. The first kappa shape index (κ1) is 11.3. The van der Waals surface area contributed by atoms with Gasteiger partial charge >= 0.3 is 0 Å². The summed E-state index contributed by atoms with van der Waals surface area (Å²) in [4.78, 5) is 0. The minimum atomic E-state index is 0.564. The second kappa shape index (κ2) is 4.83. The smallest absolute Gasteiger partial charge is 0.0429 e. The van der Waals surface area contributed by atoms with Crippen molar-refractivity contribution in [1.82, 2.24) is 5.32 Å². The Balaban J connectivity index is 2.04. The molecule has 1 atom stereocenters. The summed E-state index contributed by atoms with van der Waals surface area (Å²) >= 11 is 0. The zero-order chi connectivity index (χ0) is 12.4. The molecule has 2 nitrogen and oxygen atoms in total. The van der Waals surface area contributed by atoms with Gasteiger partial charge in [-0.3, -0.25) is 0 Å². The highest BCUT2D eigenvalue weighted by atomic mass is 14.9. The van der Waals surface area contributed by atoms with Crippen molar-refractivity contribution < 1.29 is 0 Å². The van der Waals surface area contributed by atoms with Gasteiger partial charge in [-0.1, -0.05) is 48.5 Å². The summed E-state index contributed by atoms with van der Waals surface area (Å²) in [6.45, 7) is 2.14. The Labute approximate surface area is 108 Å². The van der Waals surface area contributed by atoms with Crippen LogP contribution in [0.4, 0.5) is 5.69 Å². The molecule has 2 aromatic carbocycles. The fourth-order valence-electron chi connectivity index (χ4n) is 2.73. The molecule has 3 N–H and O–H groups in total. The third-order valence-corrected chi connectivity index (χ3v) is 3.72. The molecular weight excluding hydrogens is 220 g/mol. The molecule has 1 fully saturated rings. The number of nitrogens with two attached hydrogens (primary N) is 1. The van der Waals surface area contributed by atoms with Gasteiger partial charge in [0.1, 0.15) is 0 Å². The molecule has 0 spiro atoms. The molecule has 92 valence electrons. The van der Waals surface area contributed by atoms with Gasteiger partial charge in [0, 0.05) is 17.8 Å². The molecule has 0 radical (unpaired) electrons. The lowest BCUT2D eigenvalue weighted by molar-refractivity contribution is 0.766. The maximum Gasteiger partial charge on any atom is 0.0429 e. The van der Waals surface area contributed by atoms with Crippen molar-refractivity contribution >= 4 is 5.69 Å². The Bertz CT molecular complexity index is 528. The molecule has 18 heavy (non-hydrogen) atoms. The van der Waals surface area contributed by atoms with Gasteiger partial charge in [0.2, 0.25) is 0 Å². The molecule has 1 heterocycles. The molecule has 1 unspecified atom stereocenters. The summed E-state index contributed by atoms with van der Waals surface area (Å²) in [7, 11) is 0.